The van der Waals surface area contributed by atoms with E-state index in [4.69, 9.17) is 16.3 Å². The second-order valence-corrected chi connectivity index (χ2v) is 10.9. The summed E-state index contributed by atoms with van der Waals surface area (Å²) in [6, 6.07) is 15.0. The number of hydrogen-bond donors (Lipinski definition) is 1. The van der Waals surface area contributed by atoms with E-state index in [0.717, 1.165) is 47.7 Å². The van der Waals surface area contributed by atoms with Crippen molar-refractivity contribution < 1.29 is 19.0 Å². The lowest BCUT2D eigenvalue weighted by molar-refractivity contribution is -0.139. The number of carbonyl (C=O) groups is 1. The van der Waals surface area contributed by atoms with Crippen LogP contribution in [0.2, 0.25) is 5.02 Å². The maximum Gasteiger partial charge on any atom is 0.303 e. The molecule has 1 aliphatic heterocycles. The van der Waals surface area contributed by atoms with Crippen LogP contribution in [0.4, 0.5) is 4.39 Å². The predicted octanol–water partition coefficient (Wildman–Crippen LogP) is 6.89. The minimum absolute atomic E-state index is 0.0262. The minimum Gasteiger partial charge on any atom is -0.497 e. The normalized spacial score (nSPS) is 19.3. The smallest absolute Gasteiger partial charge is 0.303 e. The Kier molecular flexibility index (Phi) is 9.46. The number of alkyl halides is 1. The number of aliphatic carboxylic acids is 1. The standard InChI is InChI=1S/C28H32ClFN2O3S/c1-35-22-5-9-27-25(17-22)24(10-12-31-27)26(30)8-2-19-11-13-32(18-20(19)16-28(33)34)14-15-36-23-6-3-21(29)4-7-23/h3-7,9-10,12,17,19-20,26H,2,8,11,13-16,18H2,1H3,(H,33,34)/t19-,20+,26-/m1/s1. The average molecular weight is 531 g/mol. The molecule has 0 saturated carbocycles. The van der Waals surface area contributed by atoms with E-state index in [0.29, 0.717) is 24.2 Å². The SMILES string of the molecule is COc1ccc2nccc([C@H](F)CC[C@@H]3CCN(CCSc4ccc(Cl)cc4)C[C@@H]3CC(=O)O)c2c1. The Bertz CT molecular complexity index is 1160. The monoisotopic (exact) mass is 530 g/mol. The summed E-state index contributed by atoms with van der Waals surface area (Å²) >= 11 is 7.73. The Hall–Kier alpha value is -2.35. The van der Waals surface area contributed by atoms with Gasteiger partial charge in [-0.2, -0.15) is 0 Å². The minimum atomic E-state index is -1.14. The second kappa shape index (κ2) is 12.7. The summed E-state index contributed by atoms with van der Waals surface area (Å²) in [6.07, 6.45) is 2.55. The van der Waals surface area contributed by atoms with Gasteiger partial charge in [-0.25, -0.2) is 4.39 Å². The van der Waals surface area contributed by atoms with Crippen molar-refractivity contribution in [3.63, 3.8) is 0 Å². The fourth-order valence-corrected chi connectivity index (χ4v) is 6.12. The molecule has 0 spiro atoms. The number of rotatable bonds is 11. The molecule has 1 N–H and O–H groups in total. The van der Waals surface area contributed by atoms with Gasteiger partial charge >= 0.3 is 5.97 Å². The predicted molar refractivity (Wildman–Crippen MR) is 144 cm³/mol. The zero-order chi connectivity index (χ0) is 25.5. The number of likely N-dealkylation sites (tertiary alicyclic amines) is 1. The quantitative estimate of drug-likeness (QED) is 0.272. The summed E-state index contributed by atoms with van der Waals surface area (Å²) < 4.78 is 20.8. The Morgan fingerprint density at radius 1 is 1.25 bits per heavy atom. The van der Waals surface area contributed by atoms with Crippen LogP contribution in [0.25, 0.3) is 10.9 Å². The van der Waals surface area contributed by atoms with Crippen LogP contribution in [0, 0.1) is 11.8 Å². The summed E-state index contributed by atoms with van der Waals surface area (Å²) in [5.41, 5.74) is 1.36. The number of thioether (sulfide) groups is 1. The van der Waals surface area contributed by atoms with Crippen molar-refractivity contribution in [1.29, 1.82) is 0 Å². The van der Waals surface area contributed by atoms with Crippen molar-refractivity contribution in [2.24, 2.45) is 11.8 Å². The average Bonchev–Trinajstić information content (AvgIpc) is 2.88. The lowest BCUT2D eigenvalue weighted by Crippen LogP contribution is -2.42. The van der Waals surface area contributed by atoms with Crippen molar-refractivity contribution in [2.75, 3.05) is 32.5 Å². The lowest BCUT2D eigenvalue weighted by atomic mass is 9.79. The van der Waals surface area contributed by atoms with Crippen molar-refractivity contribution in [1.82, 2.24) is 9.88 Å². The molecule has 1 aromatic heterocycles. The first-order valence-corrected chi connectivity index (χ1v) is 13.7. The lowest BCUT2D eigenvalue weighted by Gasteiger charge is -2.38. The molecule has 2 aromatic carbocycles. The first-order valence-electron chi connectivity index (χ1n) is 12.3. The number of halogens is 2. The number of methoxy groups -OCH3 is 1. The second-order valence-electron chi connectivity index (χ2n) is 9.34. The van der Waals surface area contributed by atoms with Gasteiger partial charge < -0.3 is 14.7 Å². The van der Waals surface area contributed by atoms with Crippen molar-refractivity contribution in [2.45, 2.75) is 36.8 Å². The van der Waals surface area contributed by atoms with Gasteiger partial charge in [0.25, 0.3) is 0 Å². The van der Waals surface area contributed by atoms with Crippen LogP contribution in [0.5, 0.6) is 5.75 Å². The van der Waals surface area contributed by atoms with Crippen LogP contribution in [0.1, 0.15) is 37.4 Å². The Morgan fingerprint density at radius 2 is 2.06 bits per heavy atom. The number of piperidine rings is 1. The Morgan fingerprint density at radius 3 is 2.81 bits per heavy atom. The number of fused-ring (bicyclic) bond motifs is 1. The van der Waals surface area contributed by atoms with Crippen LogP contribution in [-0.4, -0.2) is 53.5 Å². The number of carboxylic acid groups (broad SMARTS) is 1. The van der Waals surface area contributed by atoms with Crippen LogP contribution >= 0.6 is 23.4 Å². The molecule has 0 amide bonds. The molecule has 8 heteroatoms. The largest absolute Gasteiger partial charge is 0.497 e. The number of aromatic nitrogens is 1. The summed E-state index contributed by atoms with van der Waals surface area (Å²) in [6.45, 7) is 2.55. The van der Waals surface area contributed by atoms with Crippen LogP contribution < -0.4 is 4.74 Å². The molecule has 0 aliphatic carbocycles. The fourth-order valence-electron chi connectivity index (χ4n) is 5.08. The molecule has 1 aliphatic rings. The zero-order valence-electron chi connectivity index (χ0n) is 20.4. The van der Waals surface area contributed by atoms with Gasteiger partial charge in [0.05, 0.1) is 12.6 Å². The first-order chi connectivity index (χ1) is 17.4. The molecule has 192 valence electrons. The summed E-state index contributed by atoms with van der Waals surface area (Å²) in [7, 11) is 1.59. The summed E-state index contributed by atoms with van der Waals surface area (Å²) in [5, 5.41) is 11.0. The van der Waals surface area contributed by atoms with Gasteiger partial charge in [-0.1, -0.05) is 11.6 Å². The van der Waals surface area contributed by atoms with Crippen LogP contribution in [-0.2, 0) is 4.79 Å². The third-order valence-corrected chi connectivity index (χ3v) is 8.26. The van der Waals surface area contributed by atoms with Crippen LogP contribution in [0.3, 0.4) is 0 Å². The highest BCUT2D eigenvalue weighted by molar-refractivity contribution is 7.99. The van der Waals surface area contributed by atoms with Crippen molar-refractivity contribution in [3.05, 3.63) is 65.3 Å². The van der Waals surface area contributed by atoms with E-state index in [2.05, 4.69) is 9.88 Å². The highest BCUT2D eigenvalue weighted by atomic mass is 35.5. The number of pyridine rings is 1. The van der Waals surface area contributed by atoms with Gasteiger partial charge in [0.2, 0.25) is 0 Å². The van der Waals surface area contributed by atoms with Gasteiger partial charge in [-0.3, -0.25) is 9.78 Å². The molecule has 36 heavy (non-hydrogen) atoms. The molecule has 0 bridgehead atoms. The van der Waals surface area contributed by atoms with E-state index in [1.807, 2.05) is 42.5 Å². The number of carboxylic acids is 1. The fraction of sp³-hybridized carbons (Fsp3) is 0.429. The Labute approximate surface area is 221 Å². The van der Waals surface area contributed by atoms with Gasteiger partial charge in [0.15, 0.2) is 0 Å². The molecular formula is C28H32ClFN2O3S. The molecular weight excluding hydrogens is 499 g/mol. The third-order valence-electron chi connectivity index (χ3n) is 7.01. The summed E-state index contributed by atoms with van der Waals surface area (Å²) in [4.78, 5) is 19.5. The maximum absolute atomic E-state index is 15.5. The molecule has 2 heterocycles. The molecule has 1 fully saturated rings. The Balaban J connectivity index is 1.34. The van der Waals surface area contributed by atoms with Crippen molar-refractivity contribution >= 4 is 40.2 Å². The molecule has 0 unspecified atom stereocenters. The van der Waals surface area contributed by atoms with E-state index < -0.39 is 12.1 Å². The van der Waals surface area contributed by atoms with E-state index in [9.17, 15) is 9.90 Å². The topological polar surface area (TPSA) is 62.7 Å². The first kappa shape index (κ1) is 26.7. The molecule has 5 nitrogen and oxygen atoms in total. The van der Waals surface area contributed by atoms with Gasteiger partial charge in [0.1, 0.15) is 11.9 Å². The summed E-state index contributed by atoms with van der Waals surface area (Å²) in [5.74, 6) is 1.04. The molecule has 4 rings (SSSR count). The molecule has 3 atom stereocenters. The number of ether oxygens (including phenoxy) is 1. The van der Waals surface area contributed by atoms with Gasteiger partial charge in [-0.05, 0) is 91.7 Å². The van der Waals surface area contributed by atoms with E-state index in [-0.39, 0.29) is 18.3 Å². The van der Waals surface area contributed by atoms with Crippen LogP contribution in [0.15, 0.2) is 59.6 Å². The van der Waals surface area contributed by atoms with Crippen molar-refractivity contribution in [3.8, 4) is 5.75 Å². The van der Waals surface area contributed by atoms with E-state index in [1.54, 1.807) is 31.1 Å². The molecule has 3 aromatic rings. The number of hydrogen-bond acceptors (Lipinski definition) is 5. The highest BCUT2D eigenvalue weighted by Gasteiger charge is 2.31. The maximum atomic E-state index is 15.5. The number of benzene rings is 2. The third kappa shape index (κ3) is 7.11. The van der Waals surface area contributed by atoms with Gasteiger partial charge in [0, 0.05) is 46.8 Å². The highest BCUT2D eigenvalue weighted by Crippen LogP contribution is 2.36. The molecule has 0 radical (unpaired) electrons. The number of nitrogens with zero attached hydrogens (tertiary/aromatic N) is 2. The molecule has 1 saturated heterocycles. The van der Waals surface area contributed by atoms with Gasteiger partial charge in [-0.15, -0.1) is 11.8 Å². The van der Waals surface area contributed by atoms with E-state index >= 15 is 4.39 Å². The van der Waals surface area contributed by atoms with E-state index in [1.165, 1.54) is 4.90 Å². The zero-order valence-corrected chi connectivity index (χ0v) is 22.0.